The number of rotatable bonds is 4. The van der Waals surface area contributed by atoms with Crippen LogP contribution in [0.2, 0.25) is 0 Å². The number of carbonyl (C=O) groups is 1. The summed E-state index contributed by atoms with van der Waals surface area (Å²) in [6.07, 6.45) is 5.30. The van der Waals surface area contributed by atoms with Crippen LogP contribution in [0.1, 0.15) is 37.7 Å². The van der Waals surface area contributed by atoms with E-state index in [0.29, 0.717) is 23.6 Å². The van der Waals surface area contributed by atoms with Crippen LogP contribution in [0.5, 0.6) is 0 Å². The molecule has 2 rings (SSSR count). The largest absolute Gasteiger partial charge is 0.409 e. The van der Waals surface area contributed by atoms with E-state index in [1.54, 1.807) is 30.1 Å². The smallest absolute Gasteiger partial charge is 0.227 e. The van der Waals surface area contributed by atoms with E-state index in [0.717, 1.165) is 12.8 Å². The molecule has 1 fully saturated rings. The van der Waals surface area contributed by atoms with E-state index in [9.17, 15) is 4.79 Å². The van der Waals surface area contributed by atoms with Crippen LogP contribution in [-0.2, 0) is 4.79 Å². The van der Waals surface area contributed by atoms with E-state index >= 15 is 0 Å². The van der Waals surface area contributed by atoms with Gasteiger partial charge in [-0.3, -0.25) is 4.79 Å². The third kappa shape index (κ3) is 3.10. The Bertz CT molecular complexity index is 508. The van der Waals surface area contributed by atoms with Gasteiger partial charge in [-0.25, -0.2) is 0 Å². The molecule has 0 aromatic heterocycles. The highest BCUT2D eigenvalue weighted by molar-refractivity contribution is 6.06. The Morgan fingerprint density at radius 3 is 2.70 bits per heavy atom. The maximum absolute atomic E-state index is 12.3. The normalized spacial score (nSPS) is 16.4. The van der Waals surface area contributed by atoms with Crippen molar-refractivity contribution in [2.24, 2.45) is 16.8 Å². The number of nitrogens with zero attached hydrogens (tertiary/aromatic N) is 2. The molecule has 0 bridgehead atoms. The minimum atomic E-state index is 0.0149. The molecule has 1 amide bonds. The maximum Gasteiger partial charge on any atom is 0.227 e. The van der Waals surface area contributed by atoms with Crippen molar-refractivity contribution in [3.63, 3.8) is 0 Å². The second kappa shape index (κ2) is 6.41. The third-order valence-electron chi connectivity index (χ3n) is 3.96. The molecule has 1 aromatic carbocycles. The molecule has 0 atom stereocenters. The SMILES string of the molecule is CN(C(=O)CC1CCCC1)c1ccccc1/C(N)=N/O. The molecule has 0 unspecified atom stereocenters. The Morgan fingerprint density at radius 1 is 1.40 bits per heavy atom. The summed E-state index contributed by atoms with van der Waals surface area (Å²) in [7, 11) is 1.74. The van der Waals surface area contributed by atoms with Crippen LogP contribution in [0.4, 0.5) is 5.69 Å². The topological polar surface area (TPSA) is 78.9 Å². The first-order valence-corrected chi connectivity index (χ1v) is 6.97. The number of amides is 1. The van der Waals surface area contributed by atoms with Gasteiger partial charge in [0.05, 0.1) is 5.69 Å². The van der Waals surface area contributed by atoms with Crippen molar-refractivity contribution >= 4 is 17.4 Å². The maximum atomic E-state index is 12.3. The summed E-state index contributed by atoms with van der Waals surface area (Å²) in [6, 6.07) is 7.18. The highest BCUT2D eigenvalue weighted by Crippen LogP contribution is 2.29. The monoisotopic (exact) mass is 275 g/mol. The van der Waals surface area contributed by atoms with Crippen LogP contribution in [0.25, 0.3) is 0 Å². The molecular formula is C15H21N3O2. The van der Waals surface area contributed by atoms with Gasteiger partial charge in [0, 0.05) is 19.0 Å². The first kappa shape index (κ1) is 14.4. The van der Waals surface area contributed by atoms with Crippen molar-refractivity contribution in [3.05, 3.63) is 29.8 Å². The molecule has 0 saturated heterocycles. The summed E-state index contributed by atoms with van der Waals surface area (Å²) >= 11 is 0. The van der Waals surface area contributed by atoms with Gasteiger partial charge in [-0.05, 0) is 30.9 Å². The fourth-order valence-electron chi connectivity index (χ4n) is 2.77. The fraction of sp³-hybridized carbons (Fsp3) is 0.467. The van der Waals surface area contributed by atoms with Crippen LogP contribution in [-0.4, -0.2) is 24.0 Å². The van der Waals surface area contributed by atoms with E-state index < -0.39 is 0 Å². The van der Waals surface area contributed by atoms with Gasteiger partial charge < -0.3 is 15.8 Å². The van der Waals surface area contributed by atoms with Crippen LogP contribution in [0.3, 0.4) is 0 Å². The van der Waals surface area contributed by atoms with Crippen LogP contribution in [0, 0.1) is 5.92 Å². The molecule has 5 heteroatoms. The zero-order valence-electron chi connectivity index (χ0n) is 11.7. The van der Waals surface area contributed by atoms with Gasteiger partial charge in [-0.2, -0.15) is 0 Å². The molecule has 5 nitrogen and oxygen atoms in total. The summed E-state index contributed by atoms with van der Waals surface area (Å²) in [4.78, 5) is 13.9. The summed E-state index contributed by atoms with van der Waals surface area (Å²) in [5.74, 6) is 0.595. The summed E-state index contributed by atoms with van der Waals surface area (Å²) < 4.78 is 0. The summed E-state index contributed by atoms with van der Waals surface area (Å²) in [6.45, 7) is 0. The molecule has 3 N–H and O–H groups in total. The van der Waals surface area contributed by atoms with Crippen molar-refractivity contribution in [2.75, 3.05) is 11.9 Å². The van der Waals surface area contributed by atoms with Gasteiger partial charge in [0.25, 0.3) is 0 Å². The number of carbonyl (C=O) groups excluding carboxylic acids is 1. The molecule has 1 aliphatic rings. The van der Waals surface area contributed by atoms with Gasteiger partial charge in [-0.1, -0.05) is 30.1 Å². The van der Waals surface area contributed by atoms with Crippen molar-refractivity contribution in [3.8, 4) is 0 Å². The van der Waals surface area contributed by atoms with Crippen molar-refractivity contribution in [1.82, 2.24) is 0 Å². The molecular weight excluding hydrogens is 254 g/mol. The molecule has 1 aromatic rings. The van der Waals surface area contributed by atoms with Gasteiger partial charge in [-0.15, -0.1) is 0 Å². The average Bonchev–Trinajstić information content (AvgIpc) is 2.98. The Kier molecular flexibility index (Phi) is 4.61. The minimum absolute atomic E-state index is 0.0149. The van der Waals surface area contributed by atoms with Crippen molar-refractivity contribution < 1.29 is 10.0 Å². The number of amidine groups is 1. The summed E-state index contributed by atoms with van der Waals surface area (Å²) in [5.41, 5.74) is 6.90. The lowest BCUT2D eigenvalue weighted by Gasteiger charge is -2.21. The lowest BCUT2D eigenvalue weighted by molar-refractivity contribution is -0.119. The lowest BCUT2D eigenvalue weighted by Crippen LogP contribution is -2.30. The van der Waals surface area contributed by atoms with Gasteiger partial charge in [0.1, 0.15) is 0 Å². The van der Waals surface area contributed by atoms with Gasteiger partial charge >= 0.3 is 0 Å². The van der Waals surface area contributed by atoms with E-state index in [1.165, 1.54) is 12.8 Å². The van der Waals surface area contributed by atoms with Crippen LogP contribution in [0.15, 0.2) is 29.4 Å². The zero-order chi connectivity index (χ0) is 14.5. The van der Waals surface area contributed by atoms with E-state index in [-0.39, 0.29) is 11.7 Å². The first-order chi connectivity index (χ1) is 9.63. The Morgan fingerprint density at radius 2 is 2.05 bits per heavy atom. The summed E-state index contributed by atoms with van der Waals surface area (Å²) in [5, 5.41) is 11.8. The number of anilines is 1. The molecule has 20 heavy (non-hydrogen) atoms. The minimum Gasteiger partial charge on any atom is -0.409 e. The molecule has 1 saturated carbocycles. The van der Waals surface area contributed by atoms with Crippen LogP contribution < -0.4 is 10.6 Å². The second-order valence-corrected chi connectivity index (χ2v) is 5.31. The lowest BCUT2D eigenvalue weighted by atomic mass is 10.0. The molecule has 0 spiro atoms. The number of hydrogen-bond donors (Lipinski definition) is 2. The fourth-order valence-corrected chi connectivity index (χ4v) is 2.77. The van der Waals surface area contributed by atoms with Gasteiger partial charge in [0.15, 0.2) is 5.84 Å². The highest BCUT2D eigenvalue weighted by atomic mass is 16.4. The van der Waals surface area contributed by atoms with E-state index in [2.05, 4.69) is 5.16 Å². The zero-order valence-corrected chi connectivity index (χ0v) is 11.7. The second-order valence-electron chi connectivity index (χ2n) is 5.31. The Hall–Kier alpha value is -2.04. The van der Waals surface area contributed by atoms with Crippen LogP contribution >= 0.6 is 0 Å². The standard InChI is InChI=1S/C15H21N3O2/c1-18(14(19)10-11-6-2-3-7-11)13-9-5-4-8-12(13)15(16)17-20/h4-5,8-9,11,20H,2-3,6-7,10H2,1H3,(H2,16,17). The molecule has 0 aliphatic heterocycles. The van der Waals surface area contributed by atoms with E-state index in [1.807, 2.05) is 6.07 Å². The van der Waals surface area contributed by atoms with Crippen molar-refractivity contribution in [1.29, 1.82) is 0 Å². The average molecular weight is 275 g/mol. The molecule has 0 radical (unpaired) electrons. The molecule has 0 heterocycles. The predicted molar refractivity (Wildman–Crippen MR) is 78.9 cm³/mol. The number of hydrogen-bond acceptors (Lipinski definition) is 3. The quantitative estimate of drug-likeness (QED) is 0.383. The van der Waals surface area contributed by atoms with Gasteiger partial charge in [0.2, 0.25) is 5.91 Å². The number of oxime groups is 1. The van der Waals surface area contributed by atoms with E-state index in [4.69, 9.17) is 10.9 Å². The number of benzene rings is 1. The predicted octanol–water partition coefficient (Wildman–Crippen LogP) is 2.32. The molecule has 1 aliphatic carbocycles. The number of para-hydroxylation sites is 1. The third-order valence-corrected chi connectivity index (χ3v) is 3.96. The first-order valence-electron chi connectivity index (χ1n) is 6.97. The Balaban J connectivity index is 2.15. The molecule has 108 valence electrons. The highest BCUT2D eigenvalue weighted by Gasteiger charge is 2.22. The Labute approximate surface area is 119 Å². The van der Waals surface area contributed by atoms with Crippen molar-refractivity contribution in [2.45, 2.75) is 32.1 Å². The number of nitrogens with two attached hydrogens (primary N) is 1.